The number of fused-ring (bicyclic) bond motifs is 1. The molecule has 1 aromatic heterocycles. The number of amides is 1. The number of carbonyl (C=O) groups is 1. The van der Waals surface area contributed by atoms with Gasteiger partial charge in [0.2, 0.25) is 5.95 Å². The van der Waals surface area contributed by atoms with E-state index in [0.717, 1.165) is 18.3 Å². The van der Waals surface area contributed by atoms with Crippen LogP contribution in [0.3, 0.4) is 0 Å². The lowest BCUT2D eigenvalue weighted by atomic mass is 9.70. The molecule has 3 aromatic rings. The van der Waals surface area contributed by atoms with Gasteiger partial charge in [-0.3, -0.25) is 0 Å². The van der Waals surface area contributed by atoms with Gasteiger partial charge in [0.05, 0.1) is 28.6 Å². The molecule has 1 atom stereocenters. The third-order valence-electron chi connectivity index (χ3n) is 8.87. The lowest BCUT2D eigenvalue weighted by Gasteiger charge is -2.32. The Morgan fingerprint density at radius 3 is 2.36 bits per heavy atom. The van der Waals surface area contributed by atoms with E-state index in [-0.39, 0.29) is 24.1 Å². The first-order chi connectivity index (χ1) is 22.1. The van der Waals surface area contributed by atoms with Crippen molar-refractivity contribution in [2.24, 2.45) is 0 Å². The number of allylic oxidation sites excluding steroid dienone is 1. The standard InChI is InChI=1S/C35H46BF2N3O6/c1-9-26(36-46-34(5,6)35(7,8)47-36)30(22-13-15-23(16-14-22)43-19-17-39-32(42)45-33(2,3)4)24-20-25-28(21-27(24)37)41(40-31(25)38)29-12-10-11-18-44-29/h13-16,20-21,29H,9-12,17-19H2,1-8H3,(H,39,42). The first-order valence-corrected chi connectivity index (χ1v) is 16.4. The van der Waals surface area contributed by atoms with Crippen molar-refractivity contribution in [1.82, 2.24) is 15.1 Å². The third kappa shape index (κ3) is 7.65. The molecule has 2 aromatic carbocycles. The van der Waals surface area contributed by atoms with Crippen molar-refractivity contribution >= 4 is 29.7 Å². The van der Waals surface area contributed by atoms with Gasteiger partial charge in [0.25, 0.3) is 0 Å². The molecule has 254 valence electrons. The number of nitrogens with one attached hydrogen (secondary N) is 1. The highest BCUT2D eigenvalue weighted by atomic mass is 19.1. The first kappa shape index (κ1) is 34.8. The van der Waals surface area contributed by atoms with Crippen LogP contribution in [0.2, 0.25) is 0 Å². The SMILES string of the molecule is CCC(B1OC(C)(C)C(C)(C)O1)=C(c1ccc(OCCNC(=O)OC(C)(C)C)cc1)c1cc2c(F)nn(C3CCCCO3)c2cc1F. The van der Waals surface area contributed by atoms with E-state index in [0.29, 0.717) is 41.9 Å². The van der Waals surface area contributed by atoms with Crippen LogP contribution in [0.5, 0.6) is 5.75 Å². The minimum Gasteiger partial charge on any atom is -0.492 e. The zero-order chi connectivity index (χ0) is 34.1. The number of hydrogen-bond donors (Lipinski definition) is 1. The maximum Gasteiger partial charge on any atom is 0.491 e. The van der Waals surface area contributed by atoms with Crippen LogP contribution in [0.25, 0.3) is 16.5 Å². The topological polar surface area (TPSA) is 93.1 Å². The fourth-order valence-corrected chi connectivity index (χ4v) is 5.76. The summed E-state index contributed by atoms with van der Waals surface area (Å²) in [4.78, 5) is 11.9. The molecule has 47 heavy (non-hydrogen) atoms. The van der Waals surface area contributed by atoms with Crippen LogP contribution in [0.4, 0.5) is 13.6 Å². The van der Waals surface area contributed by atoms with E-state index in [1.165, 1.54) is 16.8 Å². The summed E-state index contributed by atoms with van der Waals surface area (Å²) in [7, 11) is -0.756. The fourth-order valence-electron chi connectivity index (χ4n) is 5.76. The van der Waals surface area contributed by atoms with Crippen molar-refractivity contribution in [3.8, 4) is 5.75 Å². The first-order valence-electron chi connectivity index (χ1n) is 16.4. The van der Waals surface area contributed by atoms with Crippen LogP contribution < -0.4 is 10.1 Å². The predicted octanol–water partition coefficient (Wildman–Crippen LogP) is 7.76. The predicted molar refractivity (Wildman–Crippen MR) is 177 cm³/mol. The van der Waals surface area contributed by atoms with Gasteiger partial charge in [-0.25, -0.2) is 13.9 Å². The molecule has 0 bridgehead atoms. The Morgan fingerprint density at radius 1 is 1.09 bits per heavy atom. The van der Waals surface area contributed by atoms with Crippen LogP contribution in [0.15, 0.2) is 41.9 Å². The smallest absolute Gasteiger partial charge is 0.491 e. The number of ether oxygens (including phenoxy) is 3. The normalized spacial score (nSPS) is 19.9. The summed E-state index contributed by atoms with van der Waals surface area (Å²) >= 11 is 0. The zero-order valence-corrected chi connectivity index (χ0v) is 28.7. The van der Waals surface area contributed by atoms with E-state index < -0.39 is 48.0 Å². The number of carbonyl (C=O) groups excluding carboxylic acids is 1. The van der Waals surface area contributed by atoms with Crippen molar-refractivity contribution in [2.75, 3.05) is 19.8 Å². The molecule has 2 saturated heterocycles. The van der Waals surface area contributed by atoms with Gasteiger partial charge in [0, 0.05) is 18.2 Å². The van der Waals surface area contributed by atoms with Gasteiger partial charge in [-0.15, -0.1) is 5.10 Å². The minimum atomic E-state index is -0.756. The number of aromatic nitrogens is 2. The van der Waals surface area contributed by atoms with E-state index in [9.17, 15) is 4.79 Å². The quantitative estimate of drug-likeness (QED) is 0.186. The van der Waals surface area contributed by atoms with Gasteiger partial charge in [-0.05, 0) is 109 Å². The van der Waals surface area contributed by atoms with Crippen molar-refractivity contribution in [2.45, 2.75) is 104 Å². The largest absolute Gasteiger partial charge is 0.492 e. The van der Waals surface area contributed by atoms with E-state index in [1.54, 1.807) is 32.9 Å². The average Bonchev–Trinajstić information content (AvgIpc) is 3.43. The summed E-state index contributed by atoms with van der Waals surface area (Å²) < 4.78 is 63.1. The van der Waals surface area contributed by atoms with Crippen LogP contribution in [0, 0.1) is 11.8 Å². The van der Waals surface area contributed by atoms with Crippen LogP contribution in [-0.2, 0) is 18.8 Å². The third-order valence-corrected chi connectivity index (χ3v) is 8.87. The molecule has 2 aliphatic rings. The lowest BCUT2D eigenvalue weighted by Crippen LogP contribution is -2.41. The summed E-state index contributed by atoms with van der Waals surface area (Å²) in [5.41, 5.74) is 0.662. The monoisotopic (exact) mass is 653 g/mol. The van der Waals surface area contributed by atoms with E-state index in [2.05, 4.69) is 10.4 Å². The molecule has 0 spiro atoms. The zero-order valence-electron chi connectivity index (χ0n) is 28.7. The van der Waals surface area contributed by atoms with Crippen LogP contribution in [0.1, 0.15) is 98.4 Å². The molecular weight excluding hydrogens is 607 g/mol. The second-order valence-electron chi connectivity index (χ2n) is 14.0. The van der Waals surface area contributed by atoms with Crippen molar-refractivity contribution in [3.05, 3.63) is 64.8 Å². The number of alkyl carbamates (subject to hydrolysis) is 1. The maximum atomic E-state index is 16.4. The molecule has 1 N–H and O–H groups in total. The van der Waals surface area contributed by atoms with Crippen molar-refractivity contribution in [1.29, 1.82) is 0 Å². The highest BCUT2D eigenvalue weighted by molar-refractivity contribution is 6.56. The molecule has 1 unspecified atom stereocenters. The molecule has 0 radical (unpaired) electrons. The molecule has 9 nitrogen and oxygen atoms in total. The van der Waals surface area contributed by atoms with Gasteiger partial charge >= 0.3 is 13.2 Å². The lowest BCUT2D eigenvalue weighted by molar-refractivity contribution is -0.0375. The minimum absolute atomic E-state index is 0.204. The summed E-state index contributed by atoms with van der Waals surface area (Å²) in [5.74, 6) is -0.656. The molecular formula is C35H46BF2N3O6. The van der Waals surface area contributed by atoms with Crippen LogP contribution >= 0.6 is 0 Å². The van der Waals surface area contributed by atoms with Crippen LogP contribution in [-0.4, -0.2) is 59.6 Å². The summed E-state index contributed by atoms with van der Waals surface area (Å²) in [6.07, 6.45) is 2.05. The molecule has 2 fully saturated rings. The molecule has 3 heterocycles. The Morgan fingerprint density at radius 2 is 1.77 bits per heavy atom. The van der Waals surface area contributed by atoms with Gasteiger partial charge < -0.3 is 28.8 Å². The Hall–Kier alpha value is -3.48. The molecule has 0 saturated carbocycles. The molecule has 2 aliphatic heterocycles. The average molecular weight is 654 g/mol. The summed E-state index contributed by atoms with van der Waals surface area (Å²) in [5, 5.41) is 7.00. The summed E-state index contributed by atoms with van der Waals surface area (Å²) in [6, 6.07) is 10.1. The molecule has 1 amide bonds. The van der Waals surface area contributed by atoms with Gasteiger partial charge in [0.15, 0.2) is 6.23 Å². The Kier molecular flexibility index (Phi) is 10.1. The number of rotatable bonds is 9. The second kappa shape index (κ2) is 13.6. The highest BCUT2D eigenvalue weighted by Gasteiger charge is 2.52. The Balaban J connectivity index is 1.50. The van der Waals surface area contributed by atoms with E-state index >= 15 is 8.78 Å². The fraction of sp³-hybridized carbons (Fsp3) is 0.543. The number of nitrogens with zero attached hydrogens (tertiary/aromatic N) is 2. The number of hydrogen-bond acceptors (Lipinski definition) is 7. The maximum absolute atomic E-state index is 16.4. The van der Waals surface area contributed by atoms with Gasteiger partial charge in [-0.1, -0.05) is 19.1 Å². The highest BCUT2D eigenvalue weighted by Crippen LogP contribution is 2.43. The van der Waals surface area contributed by atoms with E-state index in [4.69, 9.17) is 23.5 Å². The summed E-state index contributed by atoms with van der Waals surface area (Å²) in [6.45, 7) is 16.2. The van der Waals surface area contributed by atoms with Crippen molar-refractivity contribution < 1.29 is 37.1 Å². The van der Waals surface area contributed by atoms with E-state index in [1.807, 2.05) is 46.8 Å². The Labute approximate surface area is 276 Å². The number of benzene rings is 2. The van der Waals surface area contributed by atoms with Gasteiger partial charge in [0.1, 0.15) is 23.8 Å². The molecule has 5 rings (SSSR count). The molecule has 0 aliphatic carbocycles. The van der Waals surface area contributed by atoms with Crippen molar-refractivity contribution in [3.63, 3.8) is 0 Å². The number of halogens is 2. The molecule has 12 heteroatoms. The second-order valence-corrected chi connectivity index (χ2v) is 14.0. The van der Waals surface area contributed by atoms with Gasteiger partial charge in [-0.2, -0.15) is 4.39 Å². The Bertz CT molecular complexity index is 1610.